The molecule has 2 aliphatic rings. The Morgan fingerprint density at radius 3 is 2.69 bits per heavy atom. The molecule has 0 amide bonds. The van der Waals surface area contributed by atoms with E-state index in [2.05, 4.69) is 21.8 Å². The van der Waals surface area contributed by atoms with Gasteiger partial charge in [-0.1, -0.05) is 42.3 Å². The molecule has 3 nitrogen and oxygen atoms in total. The summed E-state index contributed by atoms with van der Waals surface area (Å²) in [6, 6.07) is 8.73. The van der Waals surface area contributed by atoms with Crippen LogP contribution in [0.1, 0.15) is 32.6 Å². The zero-order chi connectivity index (χ0) is 20.2. The highest BCUT2D eigenvalue weighted by Gasteiger charge is 2.46. The van der Waals surface area contributed by atoms with E-state index in [-0.39, 0.29) is 5.82 Å². The molecule has 29 heavy (non-hydrogen) atoms. The van der Waals surface area contributed by atoms with Crippen molar-refractivity contribution in [2.75, 3.05) is 18.0 Å². The first-order valence-corrected chi connectivity index (χ1v) is 10.9. The molecule has 0 radical (unpaired) electrons. The molecule has 1 saturated heterocycles. The van der Waals surface area contributed by atoms with Gasteiger partial charge in [-0.05, 0) is 66.3 Å². The van der Waals surface area contributed by atoms with Crippen LogP contribution in [0.15, 0.2) is 36.7 Å². The van der Waals surface area contributed by atoms with Crippen molar-refractivity contribution < 1.29 is 4.39 Å². The average molecular weight is 430 g/mol. The Labute approximate surface area is 179 Å². The van der Waals surface area contributed by atoms with Crippen LogP contribution < -0.4 is 4.90 Å². The number of anilines is 1. The van der Waals surface area contributed by atoms with Gasteiger partial charge in [0.1, 0.15) is 23.5 Å². The zero-order valence-electron chi connectivity index (χ0n) is 16.3. The van der Waals surface area contributed by atoms with E-state index in [1.807, 2.05) is 12.1 Å². The quantitative estimate of drug-likeness (QED) is 0.460. The van der Waals surface area contributed by atoms with Crippen LogP contribution in [0.5, 0.6) is 0 Å². The number of benzene rings is 2. The van der Waals surface area contributed by atoms with Gasteiger partial charge in [-0.25, -0.2) is 14.4 Å². The van der Waals surface area contributed by atoms with Gasteiger partial charge in [-0.2, -0.15) is 0 Å². The predicted octanol–water partition coefficient (Wildman–Crippen LogP) is 6.76. The fourth-order valence-corrected chi connectivity index (χ4v) is 4.91. The van der Waals surface area contributed by atoms with Crippen molar-refractivity contribution in [3.05, 3.63) is 52.5 Å². The molecule has 2 aromatic carbocycles. The van der Waals surface area contributed by atoms with E-state index in [9.17, 15) is 4.39 Å². The third-order valence-electron chi connectivity index (χ3n) is 6.69. The number of fused-ring (bicyclic) bond motifs is 1. The van der Waals surface area contributed by atoms with Crippen molar-refractivity contribution in [1.82, 2.24) is 9.97 Å². The Bertz CT molecular complexity index is 1100. The van der Waals surface area contributed by atoms with Crippen molar-refractivity contribution in [2.45, 2.75) is 32.6 Å². The van der Waals surface area contributed by atoms with E-state index in [1.165, 1.54) is 31.7 Å². The second kappa shape index (κ2) is 7.10. The van der Waals surface area contributed by atoms with E-state index in [1.54, 1.807) is 12.1 Å². The highest BCUT2D eigenvalue weighted by atomic mass is 35.5. The molecule has 1 saturated carbocycles. The molecule has 1 aliphatic heterocycles. The first kappa shape index (κ1) is 19.1. The van der Waals surface area contributed by atoms with Crippen LogP contribution in [0, 0.1) is 17.2 Å². The van der Waals surface area contributed by atoms with Crippen LogP contribution >= 0.6 is 23.2 Å². The van der Waals surface area contributed by atoms with Crippen molar-refractivity contribution in [2.24, 2.45) is 11.3 Å². The van der Waals surface area contributed by atoms with Crippen molar-refractivity contribution >= 4 is 39.9 Å². The lowest BCUT2D eigenvalue weighted by molar-refractivity contribution is 0.283. The molecule has 5 rings (SSSR count). The van der Waals surface area contributed by atoms with Gasteiger partial charge >= 0.3 is 0 Å². The molecule has 1 aliphatic carbocycles. The summed E-state index contributed by atoms with van der Waals surface area (Å²) in [7, 11) is 0. The largest absolute Gasteiger partial charge is 0.356 e. The summed E-state index contributed by atoms with van der Waals surface area (Å²) >= 11 is 12.4. The second-order valence-corrected chi connectivity index (χ2v) is 9.40. The maximum Gasteiger partial charge on any atom is 0.149 e. The Balaban J connectivity index is 1.66. The summed E-state index contributed by atoms with van der Waals surface area (Å²) in [5.41, 5.74) is 2.55. The van der Waals surface area contributed by atoms with Gasteiger partial charge in [0.05, 0.1) is 15.4 Å². The normalized spacial score (nSPS) is 20.8. The molecule has 2 fully saturated rings. The van der Waals surface area contributed by atoms with E-state index in [0.29, 0.717) is 26.9 Å². The van der Waals surface area contributed by atoms with E-state index < -0.39 is 0 Å². The number of halogens is 3. The van der Waals surface area contributed by atoms with Gasteiger partial charge in [0.15, 0.2) is 0 Å². The van der Waals surface area contributed by atoms with Crippen LogP contribution in [0.3, 0.4) is 0 Å². The van der Waals surface area contributed by atoms with Crippen LogP contribution in [-0.2, 0) is 0 Å². The van der Waals surface area contributed by atoms with Gasteiger partial charge in [-0.15, -0.1) is 0 Å². The fourth-order valence-electron chi connectivity index (χ4n) is 4.61. The highest BCUT2D eigenvalue weighted by Crippen LogP contribution is 2.54. The maximum absolute atomic E-state index is 14.7. The topological polar surface area (TPSA) is 29.0 Å². The molecule has 3 aromatic rings. The minimum absolute atomic E-state index is 0.338. The first-order chi connectivity index (χ1) is 14.0. The standard InChI is InChI=1S/C23H22Cl2FN3/c1-23(8-9-23)15-3-2-10-29(12-15)22-20-16(14-4-6-17(24)18(25)11-14)5-7-19(26)21(20)27-13-28-22/h4-7,11,13,15H,2-3,8-10,12H2,1H3. The number of hydrogen-bond acceptors (Lipinski definition) is 3. The van der Waals surface area contributed by atoms with Crippen molar-refractivity contribution in [1.29, 1.82) is 0 Å². The summed E-state index contributed by atoms with van der Waals surface area (Å²) in [4.78, 5) is 11.2. The van der Waals surface area contributed by atoms with Crippen LogP contribution in [0.4, 0.5) is 10.2 Å². The van der Waals surface area contributed by atoms with Gasteiger partial charge in [-0.3, -0.25) is 0 Å². The lowest BCUT2D eigenvalue weighted by Crippen LogP contribution is -2.39. The predicted molar refractivity (Wildman–Crippen MR) is 117 cm³/mol. The molecule has 1 unspecified atom stereocenters. The number of nitrogens with zero attached hydrogens (tertiary/aromatic N) is 3. The molecular weight excluding hydrogens is 408 g/mol. The molecule has 1 atom stereocenters. The highest BCUT2D eigenvalue weighted by molar-refractivity contribution is 6.42. The minimum Gasteiger partial charge on any atom is -0.356 e. The smallest absolute Gasteiger partial charge is 0.149 e. The lowest BCUT2D eigenvalue weighted by Gasteiger charge is -2.37. The number of hydrogen-bond donors (Lipinski definition) is 0. The second-order valence-electron chi connectivity index (χ2n) is 8.58. The molecular formula is C23H22Cl2FN3. The third-order valence-corrected chi connectivity index (χ3v) is 7.43. The van der Waals surface area contributed by atoms with Crippen molar-refractivity contribution in [3.8, 4) is 11.1 Å². The molecule has 0 spiro atoms. The Hall–Kier alpha value is -1.91. The monoisotopic (exact) mass is 429 g/mol. The molecule has 6 heteroatoms. The first-order valence-electron chi connectivity index (χ1n) is 10.1. The van der Waals surface area contributed by atoms with Gasteiger partial charge in [0, 0.05) is 13.1 Å². The minimum atomic E-state index is -0.338. The zero-order valence-corrected chi connectivity index (χ0v) is 17.8. The Morgan fingerprint density at radius 2 is 1.93 bits per heavy atom. The lowest BCUT2D eigenvalue weighted by atomic mass is 9.84. The SMILES string of the molecule is CC1(C2CCCN(c3ncnc4c(F)ccc(-c5ccc(Cl)c(Cl)c5)c34)C2)CC1. The molecule has 0 N–H and O–H groups in total. The summed E-state index contributed by atoms with van der Waals surface area (Å²) in [6.07, 6.45) is 6.47. The molecule has 2 heterocycles. The number of rotatable bonds is 3. The average Bonchev–Trinajstić information content (AvgIpc) is 3.49. The summed E-state index contributed by atoms with van der Waals surface area (Å²) < 4.78 is 14.7. The van der Waals surface area contributed by atoms with Crippen LogP contribution in [-0.4, -0.2) is 23.1 Å². The number of piperidine rings is 1. The van der Waals surface area contributed by atoms with Gasteiger partial charge in [0.25, 0.3) is 0 Å². The maximum atomic E-state index is 14.7. The molecule has 1 aromatic heterocycles. The van der Waals surface area contributed by atoms with Gasteiger partial charge < -0.3 is 4.90 Å². The van der Waals surface area contributed by atoms with E-state index in [0.717, 1.165) is 41.8 Å². The Morgan fingerprint density at radius 1 is 1.10 bits per heavy atom. The van der Waals surface area contributed by atoms with E-state index >= 15 is 0 Å². The third kappa shape index (κ3) is 3.36. The number of aromatic nitrogens is 2. The Kier molecular flexibility index (Phi) is 4.67. The summed E-state index contributed by atoms with van der Waals surface area (Å²) in [6.45, 7) is 4.27. The van der Waals surface area contributed by atoms with Crippen LogP contribution in [0.2, 0.25) is 10.0 Å². The van der Waals surface area contributed by atoms with Crippen LogP contribution in [0.25, 0.3) is 22.0 Å². The molecule has 150 valence electrons. The van der Waals surface area contributed by atoms with Crippen molar-refractivity contribution in [3.63, 3.8) is 0 Å². The summed E-state index contributed by atoms with van der Waals surface area (Å²) in [5, 5.41) is 1.71. The molecule has 0 bridgehead atoms. The van der Waals surface area contributed by atoms with Gasteiger partial charge in [0.2, 0.25) is 0 Å². The fraction of sp³-hybridized carbons (Fsp3) is 0.391. The summed E-state index contributed by atoms with van der Waals surface area (Å²) in [5.74, 6) is 1.13. The van der Waals surface area contributed by atoms with E-state index in [4.69, 9.17) is 23.2 Å².